The van der Waals surface area contributed by atoms with E-state index in [0.717, 1.165) is 29.5 Å². The van der Waals surface area contributed by atoms with Crippen molar-refractivity contribution in [3.8, 4) is 0 Å². The molecule has 31 heavy (non-hydrogen) atoms. The van der Waals surface area contributed by atoms with Crippen LogP contribution in [0.3, 0.4) is 0 Å². The van der Waals surface area contributed by atoms with E-state index >= 15 is 4.39 Å². The van der Waals surface area contributed by atoms with Crippen LogP contribution < -0.4 is 0 Å². The molecule has 2 aromatic rings. The molecule has 0 N–H and O–H groups in total. The fraction of sp³-hybridized carbons (Fsp3) is 0.435. The number of quaternary nitrogens is 1. The number of nitrogens with zero attached hydrogens (tertiary/aromatic N) is 1. The van der Waals surface area contributed by atoms with Crippen LogP contribution in [-0.2, 0) is 15.2 Å². The normalized spacial score (nSPS) is 24.8. The number of halogens is 5. The zero-order valence-corrected chi connectivity index (χ0v) is 17.2. The Hall–Kier alpha value is -2.48. The predicted molar refractivity (Wildman–Crippen MR) is 103 cm³/mol. The monoisotopic (exact) mass is 440 g/mol. The molecule has 8 heteroatoms. The Kier molecular flexibility index (Phi) is 5.32. The molecular weight excluding hydrogens is 417 g/mol. The lowest BCUT2D eigenvalue weighted by Gasteiger charge is -2.44. The van der Waals surface area contributed by atoms with Gasteiger partial charge in [0.25, 0.3) is 5.67 Å². The molecule has 2 saturated heterocycles. The second kappa shape index (κ2) is 7.58. The summed E-state index contributed by atoms with van der Waals surface area (Å²) in [6.45, 7) is 0. The lowest BCUT2D eigenvalue weighted by atomic mass is 9.87. The third kappa shape index (κ3) is 3.60. The van der Waals surface area contributed by atoms with Gasteiger partial charge in [-0.15, -0.1) is 0 Å². The van der Waals surface area contributed by atoms with E-state index in [1.54, 1.807) is 0 Å². The number of esters is 1. The topological polar surface area (TPSA) is 26.3 Å². The van der Waals surface area contributed by atoms with Crippen molar-refractivity contribution >= 4 is 5.97 Å². The zero-order valence-electron chi connectivity index (χ0n) is 17.2. The van der Waals surface area contributed by atoms with Gasteiger partial charge in [-0.3, -0.25) is 0 Å². The number of hydrogen-bond acceptors (Lipinski definition) is 2. The van der Waals surface area contributed by atoms with Crippen LogP contribution in [0.2, 0.25) is 0 Å². The minimum Gasteiger partial charge on any atom is -0.459 e. The maximum absolute atomic E-state index is 16.3. The second-order valence-electron chi connectivity index (χ2n) is 8.93. The SMILES string of the molecule is C[N+]1(C)C2CCC1CC(OC(=O)C(F)(c1ccc(F)c(F)c1)c1ccc(F)c(F)c1)C2. The molecule has 2 atom stereocenters. The molecule has 2 unspecified atom stereocenters. The Morgan fingerprint density at radius 1 is 0.871 bits per heavy atom. The fourth-order valence-corrected chi connectivity index (χ4v) is 4.98. The number of ether oxygens (including phenoxy) is 1. The standard InChI is InChI=1S/C23H23F5NO2/c1-29(2)15-5-6-16(29)12-17(11-15)31-22(30)23(28,13-3-7-18(24)20(26)9-13)14-4-8-19(25)21(27)10-14/h3-4,7-10,15-17H,5-6,11-12H2,1-2H3/q+1. The first-order chi connectivity index (χ1) is 14.5. The third-order valence-corrected chi connectivity index (χ3v) is 6.98. The summed E-state index contributed by atoms with van der Waals surface area (Å²) in [5.74, 6) is -6.56. The first-order valence-electron chi connectivity index (χ1n) is 10.2. The number of piperidine rings is 1. The van der Waals surface area contributed by atoms with Gasteiger partial charge < -0.3 is 9.22 Å². The Balaban J connectivity index is 1.69. The predicted octanol–water partition coefficient (Wildman–Crippen LogP) is 4.77. The third-order valence-electron chi connectivity index (χ3n) is 6.98. The van der Waals surface area contributed by atoms with E-state index in [9.17, 15) is 22.4 Å². The number of fused-ring (bicyclic) bond motifs is 2. The Morgan fingerprint density at radius 2 is 1.32 bits per heavy atom. The molecule has 3 nitrogen and oxygen atoms in total. The number of benzene rings is 2. The van der Waals surface area contributed by atoms with E-state index in [4.69, 9.17) is 4.74 Å². The summed E-state index contributed by atoms with van der Waals surface area (Å²) in [5.41, 5.74) is -4.25. The maximum Gasteiger partial charge on any atom is 0.353 e. The van der Waals surface area contributed by atoms with Gasteiger partial charge in [-0.25, -0.2) is 26.7 Å². The van der Waals surface area contributed by atoms with Crippen molar-refractivity contribution in [3.63, 3.8) is 0 Å². The van der Waals surface area contributed by atoms with Crippen LogP contribution in [0, 0.1) is 23.3 Å². The minimum absolute atomic E-state index is 0.261. The van der Waals surface area contributed by atoms with Crippen LogP contribution in [0.15, 0.2) is 36.4 Å². The van der Waals surface area contributed by atoms with Gasteiger partial charge in [-0.05, 0) is 24.3 Å². The molecule has 0 spiro atoms. The number of rotatable bonds is 4. The Labute approximate surface area is 177 Å². The van der Waals surface area contributed by atoms with Crippen molar-refractivity contribution in [3.05, 3.63) is 70.8 Å². The molecule has 0 amide bonds. The van der Waals surface area contributed by atoms with Crippen LogP contribution >= 0.6 is 0 Å². The van der Waals surface area contributed by atoms with E-state index in [1.165, 1.54) is 0 Å². The summed E-state index contributed by atoms with van der Waals surface area (Å²) in [6, 6.07) is 4.72. The van der Waals surface area contributed by atoms with Gasteiger partial charge in [0.1, 0.15) is 6.10 Å². The minimum atomic E-state index is -3.13. The van der Waals surface area contributed by atoms with Gasteiger partial charge in [0, 0.05) is 36.8 Å². The Bertz CT molecular complexity index is 958. The van der Waals surface area contributed by atoms with Crippen molar-refractivity contribution in [2.24, 2.45) is 0 Å². The summed E-state index contributed by atoms with van der Waals surface area (Å²) >= 11 is 0. The van der Waals surface area contributed by atoms with Gasteiger partial charge in [0.05, 0.1) is 26.2 Å². The number of carbonyl (C=O) groups is 1. The highest BCUT2D eigenvalue weighted by Crippen LogP contribution is 2.42. The van der Waals surface area contributed by atoms with Crippen LogP contribution in [0.5, 0.6) is 0 Å². The van der Waals surface area contributed by atoms with Crippen molar-refractivity contribution in [2.45, 2.75) is 49.5 Å². The largest absolute Gasteiger partial charge is 0.459 e. The van der Waals surface area contributed by atoms with E-state index in [0.29, 0.717) is 37.1 Å². The van der Waals surface area contributed by atoms with Crippen LogP contribution in [-0.4, -0.2) is 42.7 Å². The molecule has 2 aromatic carbocycles. The average molecular weight is 440 g/mol. The van der Waals surface area contributed by atoms with Crippen molar-refractivity contribution < 1.29 is 36.0 Å². The molecule has 2 fully saturated rings. The molecule has 0 radical (unpaired) electrons. The first-order valence-corrected chi connectivity index (χ1v) is 10.2. The van der Waals surface area contributed by atoms with E-state index in [2.05, 4.69) is 14.1 Å². The highest BCUT2D eigenvalue weighted by atomic mass is 19.2. The highest BCUT2D eigenvalue weighted by molar-refractivity contribution is 5.85. The summed E-state index contributed by atoms with van der Waals surface area (Å²) in [5, 5.41) is 0. The maximum atomic E-state index is 16.3. The molecule has 4 rings (SSSR count). The quantitative estimate of drug-likeness (QED) is 0.389. The van der Waals surface area contributed by atoms with Gasteiger partial charge >= 0.3 is 5.97 Å². The summed E-state index contributed by atoms with van der Waals surface area (Å²) in [4.78, 5) is 13.1. The Morgan fingerprint density at radius 3 is 1.74 bits per heavy atom. The lowest BCUT2D eigenvalue weighted by molar-refractivity contribution is -0.931. The first kappa shape index (κ1) is 21.7. The lowest BCUT2D eigenvalue weighted by Crippen LogP contribution is -2.56. The molecule has 2 aliphatic rings. The van der Waals surface area contributed by atoms with Crippen molar-refractivity contribution in [1.82, 2.24) is 0 Å². The van der Waals surface area contributed by atoms with E-state index in [1.807, 2.05) is 0 Å². The molecule has 166 valence electrons. The molecule has 2 heterocycles. The van der Waals surface area contributed by atoms with Gasteiger partial charge in [-0.1, -0.05) is 12.1 Å². The van der Waals surface area contributed by atoms with E-state index < -0.39 is 52.1 Å². The smallest absolute Gasteiger partial charge is 0.353 e. The number of hydrogen-bond donors (Lipinski definition) is 0. The van der Waals surface area contributed by atoms with Gasteiger partial charge in [-0.2, -0.15) is 0 Å². The second-order valence-corrected chi connectivity index (χ2v) is 8.93. The van der Waals surface area contributed by atoms with Gasteiger partial charge in [0.2, 0.25) is 0 Å². The number of alkyl halides is 1. The van der Waals surface area contributed by atoms with Crippen LogP contribution in [0.25, 0.3) is 0 Å². The van der Waals surface area contributed by atoms with Crippen LogP contribution in [0.4, 0.5) is 22.0 Å². The summed E-state index contributed by atoms with van der Waals surface area (Å²) < 4.78 is 77.2. The average Bonchev–Trinajstić information content (AvgIpc) is 2.88. The molecule has 0 aromatic heterocycles. The molecule has 0 aliphatic carbocycles. The van der Waals surface area contributed by atoms with Crippen molar-refractivity contribution in [1.29, 1.82) is 0 Å². The van der Waals surface area contributed by atoms with Crippen LogP contribution in [0.1, 0.15) is 36.8 Å². The molecule has 2 bridgehead atoms. The highest BCUT2D eigenvalue weighted by Gasteiger charge is 2.52. The summed E-state index contributed by atoms with van der Waals surface area (Å²) in [6.07, 6.45) is 2.47. The van der Waals surface area contributed by atoms with Crippen molar-refractivity contribution in [2.75, 3.05) is 14.1 Å². The number of carbonyl (C=O) groups excluding carboxylic acids is 1. The molecular formula is C23H23F5NO2+. The molecule has 0 saturated carbocycles. The summed E-state index contributed by atoms with van der Waals surface area (Å²) in [7, 11) is 4.23. The fourth-order valence-electron chi connectivity index (χ4n) is 4.98. The molecule has 2 aliphatic heterocycles. The van der Waals surface area contributed by atoms with Gasteiger partial charge in [0.15, 0.2) is 23.3 Å². The van der Waals surface area contributed by atoms with E-state index in [-0.39, 0.29) is 12.1 Å². The zero-order chi connectivity index (χ0) is 22.6.